The third-order valence-corrected chi connectivity index (χ3v) is 4.47. The number of carbonyl (C=O) groups is 1. The lowest BCUT2D eigenvalue weighted by molar-refractivity contribution is -0.117. The number of fused-ring (bicyclic) bond motifs is 1. The number of amides is 1. The Bertz CT molecular complexity index is 753. The highest BCUT2D eigenvalue weighted by Gasteiger charge is 2.23. The van der Waals surface area contributed by atoms with Gasteiger partial charge in [0.25, 0.3) is 0 Å². The maximum atomic E-state index is 12.2. The molecule has 0 aliphatic carbocycles. The van der Waals surface area contributed by atoms with E-state index in [-0.39, 0.29) is 12.5 Å². The molecular formula is C15H15N5O2S. The van der Waals surface area contributed by atoms with Crippen molar-refractivity contribution in [2.75, 3.05) is 25.5 Å². The van der Waals surface area contributed by atoms with Crippen LogP contribution in [0.1, 0.15) is 16.8 Å². The van der Waals surface area contributed by atoms with Crippen LogP contribution in [0.5, 0.6) is 5.88 Å². The molecule has 0 fully saturated rings. The molecule has 0 saturated heterocycles. The highest BCUT2D eigenvalue weighted by molar-refractivity contribution is 7.14. The zero-order valence-corrected chi connectivity index (χ0v) is 13.4. The normalized spacial score (nSPS) is 13.9. The fraction of sp³-hybridized carbons (Fsp3) is 0.333. The van der Waals surface area contributed by atoms with E-state index in [9.17, 15) is 4.79 Å². The maximum Gasteiger partial charge on any atom is 0.239 e. The van der Waals surface area contributed by atoms with Gasteiger partial charge >= 0.3 is 0 Å². The predicted molar refractivity (Wildman–Crippen MR) is 85.2 cm³/mol. The number of hydrogen-bond donors (Lipinski definition) is 1. The van der Waals surface area contributed by atoms with Crippen molar-refractivity contribution in [3.05, 3.63) is 34.6 Å². The molecule has 1 N–H and O–H groups in total. The Labute approximate surface area is 137 Å². The largest absolute Gasteiger partial charge is 0.481 e. The van der Waals surface area contributed by atoms with Crippen LogP contribution in [0.25, 0.3) is 0 Å². The number of carbonyl (C=O) groups excluding carboxylic acids is 1. The lowest BCUT2D eigenvalue weighted by Gasteiger charge is -2.27. The Morgan fingerprint density at radius 2 is 2.43 bits per heavy atom. The summed E-state index contributed by atoms with van der Waals surface area (Å²) in [6.45, 7) is 1.57. The predicted octanol–water partition coefficient (Wildman–Crippen LogP) is 1.42. The minimum atomic E-state index is -0.136. The van der Waals surface area contributed by atoms with Gasteiger partial charge in [-0.1, -0.05) is 0 Å². The van der Waals surface area contributed by atoms with Gasteiger partial charge in [-0.05, 0) is 11.4 Å². The Morgan fingerprint density at radius 1 is 1.57 bits per heavy atom. The van der Waals surface area contributed by atoms with Crippen molar-refractivity contribution in [1.82, 2.24) is 14.9 Å². The number of aromatic nitrogens is 2. The summed E-state index contributed by atoms with van der Waals surface area (Å²) >= 11 is 1.35. The Hall–Kier alpha value is -2.50. The summed E-state index contributed by atoms with van der Waals surface area (Å²) in [5.41, 5.74) is 2.39. The second-order valence-corrected chi connectivity index (χ2v) is 6.01. The van der Waals surface area contributed by atoms with E-state index in [0.29, 0.717) is 23.0 Å². The van der Waals surface area contributed by atoms with Gasteiger partial charge in [-0.15, -0.1) is 11.3 Å². The average molecular weight is 329 g/mol. The van der Waals surface area contributed by atoms with Crippen LogP contribution < -0.4 is 10.1 Å². The molecule has 7 nitrogen and oxygen atoms in total. The first-order valence-corrected chi connectivity index (χ1v) is 7.95. The molecule has 0 saturated carbocycles. The number of rotatable bonds is 4. The topological polar surface area (TPSA) is 91.1 Å². The van der Waals surface area contributed by atoms with Gasteiger partial charge in [-0.3, -0.25) is 9.69 Å². The molecule has 2 aromatic heterocycles. The van der Waals surface area contributed by atoms with E-state index in [1.165, 1.54) is 17.7 Å². The van der Waals surface area contributed by atoms with Crippen LogP contribution >= 0.6 is 11.3 Å². The Kier molecular flexibility index (Phi) is 4.50. The number of hydrogen-bond acceptors (Lipinski definition) is 7. The monoisotopic (exact) mass is 329 g/mol. The lowest BCUT2D eigenvalue weighted by Crippen LogP contribution is -2.37. The molecule has 0 bridgehead atoms. The first-order chi connectivity index (χ1) is 11.2. The summed E-state index contributed by atoms with van der Waals surface area (Å²) in [5.74, 6) is 0.424. The molecule has 1 amide bonds. The van der Waals surface area contributed by atoms with E-state index < -0.39 is 0 Å². The molecule has 0 spiro atoms. The fourth-order valence-electron chi connectivity index (χ4n) is 2.55. The molecule has 2 aromatic rings. The third-order valence-electron chi connectivity index (χ3n) is 3.64. The average Bonchev–Trinajstić information content (AvgIpc) is 3.01. The molecule has 118 valence electrons. The van der Waals surface area contributed by atoms with E-state index in [2.05, 4.69) is 21.4 Å². The van der Waals surface area contributed by atoms with Crippen molar-refractivity contribution in [1.29, 1.82) is 5.26 Å². The van der Waals surface area contributed by atoms with Crippen LogP contribution in [-0.2, 0) is 17.8 Å². The quantitative estimate of drug-likeness (QED) is 0.912. The third kappa shape index (κ3) is 3.31. The van der Waals surface area contributed by atoms with Gasteiger partial charge in [-0.25, -0.2) is 9.97 Å². The zero-order valence-electron chi connectivity index (χ0n) is 12.6. The number of nitriles is 1. The van der Waals surface area contributed by atoms with E-state index in [4.69, 9.17) is 10.00 Å². The van der Waals surface area contributed by atoms with Crippen LogP contribution in [0, 0.1) is 11.3 Å². The molecule has 1 aliphatic heterocycles. The second-order valence-electron chi connectivity index (χ2n) is 5.09. The van der Waals surface area contributed by atoms with Crippen LogP contribution in [-0.4, -0.2) is 41.0 Å². The number of thiophene rings is 1. The van der Waals surface area contributed by atoms with E-state index >= 15 is 0 Å². The summed E-state index contributed by atoms with van der Waals surface area (Å²) in [6, 6.07) is 3.76. The van der Waals surface area contributed by atoms with E-state index in [0.717, 1.165) is 24.2 Å². The van der Waals surface area contributed by atoms with Gasteiger partial charge in [0.15, 0.2) is 0 Å². The molecule has 1 aliphatic rings. The fourth-order valence-corrected chi connectivity index (χ4v) is 3.30. The smallest absolute Gasteiger partial charge is 0.239 e. The SMILES string of the molecule is COc1ncnc2c1CN(CC(=O)Nc1sccc1C#N)CC2. The summed E-state index contributed by atoms with van der Waals surface area (Å²) in [6.07, 6.45) is 2.25. The number of nitrogens with zero attached hydrogens (tertiary/aromatic N) is 4. The van der Waals surface area contributed by atoms with Crippen molar-refractivity contribution >= 4 is 22.2 Å². The van der Waals surface area contributed by atoms with E-state index in [1.54, 1.807) is 18.6 Å². The van der Waals surface area contributed by atoms with Crippen molar-refractivity contribution in [3.63, 3.8) is 0 Å². The van der Waals surface area contributed by atoms with Crippen molar-refractivity contribution < 1.29 is 9.53 Å². The highest BCUT2D eigenvalue weighted by atomic mass is 32.1. The molecule has 0 atom stereocenters. The first-order valence-electron chi connectivity index (χ1n) is 7.07. The highest BCUT2D eigenvalue weighted by Crippen LogP contribution is 2.25. The molecular weight excluding hydrogens is 314 g/mol. The van der Waals surface area contributed by atoms with Crippen LogP contribution in [0.4, 0.5) is 5.00 Å². The van der Waals surface area contributed by atoms with Gasteiger partial charge in [0.2, 0.25) is 11.8 Å². The minimum Gasteiger partial charge on any atom is -0.481 e. The van der Waals surface area contributed by atoms with Crippen molar-refractivity contribution in [3.8, 4) is 11.9 Å². The van der Waals surface area contributed by atoms with Gasteiger partial charge < -0.3 is 10.1 Å². The maximum absolute atomic E-state index is 12.2. The minimum absolute atomic E-state index is 0.136. The summed E-state index contributed by atoms with van der Waals surface area (Å²) in [4.78, 5) is 22.6. The molecule has 3 rings (SSSR count). The number of ether oxygens (including phenoxy) is 1. The molecule has 0 radical (unpaired) electrons. The first kappa shape index (κ1) is 15.4. The molecule has 8 heteroatoms. The zero-order chi connectivity index (χ0) is 16.2. The van der Waals surface area contributed by atoms with Crippen molar-refractivity contribution in [2.24, 2.45) is 0 Å². The summed E-state index contributed by atoms with van der Waals surface area (Å²) in [7, 11) is 1.58. The molecule has 0 unspecified atom stereocenters. The number of methoxy groups -OCH3 is 1. The summed E-state index contributed by atoms with van der Waals surface area (Å²) < 4.78 is 5.27. The van der Waals surface area contributed by atoms with Gasteiger partial charge in [-0.2, -0.15) is 5.26 Å². The van der Waals surface area contributed by atoms with Gasteiger partial charge in [0.1, 0.15) is 17.4 Å². The van der Waals surface area contributed by atoms with Crippen molar-refractivity contribution in [2.45, 2.75) is 13.0 Å². The standard InChI is InChI=1S/C15H15N5O2S/c1-22-14-11-7-20(4-2-12(11)17-9-18-14)8-13(21)19-15-10(6-16)3-5-23-15/h3,5,9H,2,4,7-8H2,1H3,(H,19,21). The van der Waals surface area contributed by atoms with Gasteiger partial charge in [0, 0.05) is 25.1 Å². The van der Waals surface area contributed by atoms with Crippen LogP contribution in [0.2, 0.25) is 0 Å². The van der Waals surface area contributed by atoms with Crippen LogP contribution in [0.3, 0.4) is 0 Å². The molecule has 23 heavy (non-hydrogen) atoms. The lowest BCUT2D eigenvalue weighted by atomic mass is 10.1. The summed E-state index contributed by atoms with van der Waals surface area (Å²) in [5, 5.41) is 14.1. The molecule has 3 heterocycles. The number of nitrogens with one attached hydrogen (secondary N) is 1. The second kappa shape index (κ2) is 6.73. The van der Waals surface area contributed by atoms with Gasteiger partial charge in [0.05, 0.1) is 24.9 Å². The van der Waals surface area contributed by atoms with Crippen LogP contribution in [0.15, 0.2) is 17.8 Å². The molecule has 0 aromatic carbocycles. The Morgan fingerprint density at radius 3 is 3.22 bits per heavy atom. The Balaban J connectivity index is 1.65. The number of anilines is 1. The van der Waals surface area contributed by atoms with E-state index in [1.807, 2.05) is 4.90 Å².